The third-order valence-electron chi connectivity index (χ3n) is 6.85. The molecule has 9 nitrogen and oxygen atoms in total. The molecule has 0 radical (unpaired) electrons. The standard InChI is InChI=1S/C27H29Cl2N5O4/c1-4-17(35)7-16-12-38-13-19(16)33-27-31-11-15-8-18(32-26(25(15)34-27)30-10-14-5-6-14)22-23(28)20(36-2)9-21(37-3)24(22)29/h4,8-9,11,14,16,19H,1,5-7,10,12-13H2,2-3H3,(H,30,32)(H,31,33,34)/t16-,19+/m0/s1. The van der Waals surface area contributed by atoms with Crippen molar-refractivity contribution < 1.29 is 19.0 Å². The first-order valence-electron chi connectivity index (χ1n) is 12.4. The number of rotatable bonds is 11. The molecule has 0 unspecified atom stereocenters. The zero-order valence-corrected chi connectivity index (χ0v) is 22.7. The van der Waals surface area contributed by atoms with Crippen molar-refractivity contribution in [3.05, 3.63) is 41.0 Å². The van der Waals surface area contributed by atoms with Crippen molar-refractivity contribution in [2.75, 3.05) is 44.6 Å². The summed E-state index contributed by atoms with van der Waals surface area (Å²) in [6.07, 6.45) is 5.81. The van der Waals surface area contributed by atoms with E-state index < -0.39 is 0 Å². The number of carbonyl (C=O) groups is 1. The molecule has 2 N–H and O–H groups in total. The summed E-state index contributed by atoms with van der Waals surface area (Å²) >= 11 is 13.4. The molecule has 3 heterocycles. The zero-order chi connectivity index (χ0) is 26.8. The second-order valence-electron chi connectivity index (χ2n) is 9.52. The van der Waals surface area contributed by atoms with E-state index >= 15 is 0 Å². The fraction of sp³-hybridized carbons (Fsp3) is 0.407. The maximum atomic E-state index is 11.9. The molecule has 2 aromatic heterocycles. The topological polar surface area (TPSA) is 107 Å². The molecule has 0 amide bonds. The van der Waals surface area contributed by atoms with E-state index in [2.05, 4.69) is 22.2 Å². The minimum Gasteiger partial charge on any atom is -0.495 e. The fourth-order valence-electron chi connectivity index (χ4n) is 4.50. The van der Waals surface area contributed by atoms with Gasteiger partial charge in [-0.2, -0.15) is 0 Å². The molecular formula is C27H29Cl2N5O4. The lowest BCUT2D eigenvalue weighted by Gasteiger charge is -2.19. The minimum atomic E-state index is -0.0895. The lowest BCUT2D eigenvalue weighted by atomic mass is 9.97. The number of carbonyl (C=O) groups excluding carboxylic acids is 1. The first kappa shape index (κ1) is 26.5. The highest BCUT2D eigenvalue weighted by Gasteiger charge is 2.30. The lowest BCUT2D eigenvalue weighted by Crippen LogP contribution is -2.30. The van der Waals surface area contributed by atoms with E-state index in [0.29, 0.717) is 75.6 Å². The quantitative estimate of drug-likeness (QED) is 0.299. The van der Waals surface area contributed by atoms with Gasteiger partial charge in [-0.05, 0) is 30.9 Å². The summed E-state index contributed by atoms with van der Waals surface area (Å²) in [6.45, 7) is 5.31. The van der Waals surface area contributed by atoms with Gasteiger partial charge in [-0.3, -0.25) is 4.79 Å². The summed E-state index contributed by atoms with van der Waals surface area (Å²) in [7, 11) is 3.06. The second-order valence-corrected chi connectivity index (χ2v) is 10.3. The largest absolute Gasteiger partial charge is 0.495 e. The Bertz CT molecular complexity index is 1350. The number of ketones is 1. The van der Waals surface area contributed by atoms with Crippen LogP contribution < -0.4 is 20.1 Å². The summed E-state index contributed by atoms with van der Waals surface area (Å²) in [4.78, 5) is 26.1. The first-order valence-corrected chi connectivity index (χ1v) is 13.2. The number of anilines is 2. The molecule has 2 atom stereocenters. The normalized spacial score (nSPS) is 18.8. The van der Waals surface area contributed by atoms with Crippen LogP contribution in [0, 0.1) is 11.8 Å². The summed E-state index contributed by atoms with van der Waals surface area (Å²) < 4.78 is 16.5. The van der Waals surface area contributed by atoms with Gasteiger partial charge in [0.25, 0.3) is 0 Å². The van der Waals surface area contributed by atoms with Gasteiger partial charge in [-0.1, -0.05) is 29.8 Å². The van der Waals surface area contributed by atoms with Crippen molar-refractivity contribution in [1.82, 2.24) is 15.0 Å². The number of pyridine rings is 1. The van der Waals surface area contributed by atoms with E-state index in [9.17, 15) is 4.79 Å². The van der Waals surface area contributed by atoms with Crippen LogP contribution in [-0.4, -0.2) is 60.8 Å². The molecule has 1 saturated heterocycles. The van der Waals surface area contributed by atoms with E-state index in [0.717, 1.165) is 11.9 Å². The predicted molar refractivity (Wildman–Crippen MR) is 149 cm³/mol. The Labute approximate surface area is 230 Å². The van der Waals surface area contributed by atoms with Crippen LogP contribution in [-0.2, 0) is 9.53 Å². The number of nitrogens with zero attached hydrogens (tertiary/aromatic N) is 3. The molecule has 2 fully saturated rings. The summed E-state index contributed by atoms with van der Waals surface area (Å²) in [5, 5.41) is 8.23. The van der Waals surface area contributed by atoms with Gasteiger partial charge in [-0.25, -0.2) is 15.0 Å². The van der Waals surface area contributed by atoms with Crippen molar-refractivity contribution in [3.8, 4) is 22.8 Å². The predicted octanol–water partition coefficient (Wildman–Crippen LogP) is 5.41. The van der Waals surface area contributed by atoms with Crippen LogP contribution >= 0.6 is 23.2 Å². The average Bonchev–Trinajstić information content (AvgIpc) is 3.66. The number of hydrogen-bond donors (Lipinski definition) is 2. The second kappa shape index (κ2) is 11.3. The fourth-order valence-corrected chi connectivity index (χ4v) is 5.20. The molecule has 38 heavy (non-hydrogen) atoms. The summed E-state index contributed by atoms with van der Waals surface area (Å²) in [5.74, 6) is 2.50. The van der Waals surface area contributed by atoms with E-state index in [1.54, 1.807) is 12.3 Å². The SMILES string of the molecule is C=CC(=O)C[C@H]1COC[C@H]1Nc1ncc2cc(-c3c(Cl)c(OC)cc(OC)c3Cl)nc(NCC3CC3)c2n1. The van der Waals surface area contributed by atoms with Gasteiger partial charge in [0.15, 0.2) is 11.6 Å². The number of nitrogens with one attached hydrogen (secondary N) is 2. The molecule has 0 bridgehead atoms. The molecule has 1 aromatic carbocycles. The molecule has 11 heteroatoms. The van der Waals surface area contributed by atoms with Crippen LogP contribution in [0.2, 0.25) is 10.0 Å². The van der Waals surface area contributed by atoms with Gasteiger partial charge in [0.05, 0.1) is 49.2 Å². The molecular weight excluding hydrogens is 529 g/mol. The Morgan fingerprint density at radius 1 is 1.16 bits per heavy atom. The van der Waals surface area contributed by atoms with Crippen LogP contribution in [0.15, 0.2) is 31.0 Å². The molecule has 1 aliphatic heterocycles. The number of ether oxygens (including phenoxy) is 3. The highest BCUT2D eigenvalue weighted by atomic mass is 35.5. The van der Waals surface area contributed by atoms with Crippen LogP contribution in [0.1, 0.15) is 19.3 Å². The average molecular weight is 558 g/mol. The highest BCUT2D eigenvalue weighted by molar-refractivity contribution is 6.41. The van der Waals surface area contributed by atoms with E-state index in [1.165, 1.54) is 33.1 Å². The van der Waals surface area contributed by atoms with Crippen molar-refractivity contribution in [3.63, 3.8) is 0 Å². The molecule has 1 aliphatic carbocycles. The summed E-state index contributed by atoms with van der Waals surface area (Å²) in [5.41, 5.74) is 1.70. The Balaban J connectivity index is 1.54. The Kier molecular flexibility index (Phi) is 7.88. The number of aromatic nitrogens is 3. The van der Waals surface area contributed by atoms with E-state index in [4.69, 9.17) is 47.4 Å². The third kappa shape index (κ3) is 5.50. The maximum Gasteiger partial charge on any atom is 0.223 e. The van der Waals surface area contributed by atoms with Crippen LogP contribution in [0.4, 0.5) is 11.8 Å². The summed E-state index contributed by atoms with van der Waals surface area (Å²) in [6, 6.07) is 3.40. The smallest absolute Gasteiger partial charge is 0.223 e. The Morgan fingerprint density at radius 3 is 2.55 bits per heavy atom. The lowest BCUT2D eigenvalue weighted by molar-refractivity contribution is -0.115. The van der Waals surface area contributed by atoms with E-state index in [1.807, 2.05) is 6.07 Å². The van der Waals surface area contributed by atoms with Gasteiger partial charge in [0.2, 0.25) is 5.95 Å². The molecule has 1 saturated carbocycles. The molecule has 200 valence electrons. The number of fused-ring (bicyclic) bond motifs is 1. The minimum absolute atomic E-state index is 0.0125. The van der Waals surface area contributed by atoms with Crippen LogP contribution in [0.3, 0.4) is 0 Å². The molecule has 2 aliphatic rings. The van der Waals surface area contributed by atoms with Gasteiger partial charge in [-0.15, -0.1) is 0 Å². The van der Waals surface area contributed by atoms with Gasteiger partial charge < -0.3 is 24.8 Å². The van der Waals surface area contributed by atoms with Crippen LogP contribution in [0.5, 0.6) is 11.5 Å². The number of hydrogen-bond acceptors (Lipinski definition) is 9. The van der Waals surface area contributed by atoms with Gasteiger partial charge >= 0.3 is 0 Å². The monoisotopic (exact) mass is 557 g/mol. The molecule has 5 rings (SSSR count). The molecule has 3 aromatic rings. The highest BCUT2D eigenvalue weighted by Crippen LogP contribution is 2.46. The maximum absolute atomic E-state index is 11.9. The first-order chi connectivity index (χ1) is 18.4. The number of benzene rings is 1. The Hall–Kier alpha value is -3.14. The van der Waals surface area contributed by atoms with Crippen molar-refractivity contribution in [2.45, 2.75) is 25.3 Å². The Morgan fingerprint density at radius 2 is 1.89 bits per heavy atom. The number of halogens is 2. The molecule has 0 spiro atoms. The third-order valence-corrected chi connectivity index (χ3v) is 7.61. The van der Waals surface area contributed by atoms with Gasteiger partial charge in [0.1, 0.15) is 17.0 Å². The van der Waals surface area contributed by atoms with Crippen LogP contribution in [0.25, 0.3) is 22.2 Å². The van der Waals surface area contributed by atoms with E-state index in [-0.39, 0.29) is 17.7 Å². The van der Waals surface area contributed by atoms with Crippen molar-refractivity contribution in [1.29, 1.82) is 0 Å². The van der Waals surface area contributed by atoms with Crippen molar-refractivity contribution >= 4 is 51.7 Å². The number of allylic oxidation sites excluding steroid dienone is 1. The zero-order valence-electron chi connectivity index (χ0n) is 21.2. The van der Waals surface area contributed by atoms with Crippen molar-refractivity contribution in [2.24, 2.45) is 11.8 Å². The van der Waals surface area contributed by atoms with Gasteiger partial charge in [0, 0.05) is 42.1 Å². The number of methoxy groups -OCH3 is 2.